The van der Waals surface area contributed by atoms with Gasteiger partial charge in [-0.3, -0.25) is 4.79 Å². The summed E-state index contributed by atoms with van der Waals surface area (Å²) in [5, 5.41) is 2.97. The smallest absolute Gasteiger partial charge is 0.252 e. The molecule has 3 rings (SSSR count). The Balaban J connectivity index is 1.74. The van der Waals surface area contributed by atoms with Crippen LogP contribution in [0.25, 0.3) is 11.3 Å². The number of methoxy groups -OCH3 is 1. The van der Waals surface area contributed by atoms with Gasteiger partial charge in [-0.15, -0.1) is 0 Å². The molecule has 2 N–H and O–H groups in total. The molecule has 0 bridgehead atoms. The average molecular weight is 458 g/mol. The Morgan fingerprint density at radius 1 is 1.28 bits per heavy atom. The molecule has 0 saturated carbocycles. The third-order valence-corrected chi connectivity index (χ3v) is 4.97. The third-order valence-electron chi connectivity index (χ3n) is 4.38. The number of carbonyl (C=O) groups excluding carboxylic acids is 1. The number of nitrogens with zero attached hydrogens (tertiary/aromatic N) is 1. The molecule has 1 heterocycles. The molecular formula is C22H24BrN3O3. The zero-order valence-corrected chi connectivity index (χ0v) is 18.2. The lowest BCUT2D eigenvalue weighted by Gasteiger charge is -2.15. The number of hydrogen-bond donors (Lipinski definition) is 2. The van der Waals surface area contributed by atoms with Crippen molar-refractivity contribution in [1.82, 2.24) is 15.3 Å². The zero-order chi connectivity index (χ0) is 20.8. The van der Waals surface area contributed by atoms with E-state index in [1.807, 2.05) is 44.2 Å². The summed E-state index contributed by atoms with van der Waals surface area (Å²) >= 11 is 3.47. The van der Waals surface area contributed by atoms with Gasteiger partial charge in [-0.05, 0) is 47.0 Å². The van der Waals surface area contributed by atoms with Crippen molar-refractivity contribution in [3.63, 3.8) is 0 Å². The zero-order valence-electron chi connectivity index (χ0n) is 16.7. The lowest BCUT2D eigenvalue weighted by atomic mass is 10.1. The van der Waals surface area contributed by atoms with Gasteiger partial charge in [-0.2, -0.15) is 0 Å². The SMILES string of the molecule is CCCOc1c(Br)cc(C(=O)NC(C)c2ncc(-c3ccccc3)[nH]2)cc1OC. The second-order valence-corrected chi connectivity index (χ2v) is 7.44. The molecule has 0 radical (unpaired) electrons. The van der Waals surface area contributed by atoms with Crippen LogP contribution in [0.2, 0.25) is 0 Å². The van der Waals surface area contributed by atoms with Crippen LogP contribution in [0.1, 0.15) is 42.5 Å². The number of H-pyrrole nitrogens is 1. The first kappa shape index (κ1) is 20.9. The van der Waals surface area contributed by atoms with E-state index >= 15 is 0 Å². The van der Waals surface area contributed by atoms with Crippen LogP contribution in [0, 0.1) is 0 Å². The molecule has 0 aliphatic carbocycles. The van der Waals surface area contributed by atoms with Crippen molar-refractivity contribution in [2.24, 2.45) is 0 Å². The number of aromatic nitrogens is 2. The Hall–Kier alpha value is -2.80. The molecule has 0 aliphatic rings. The van der Waals surface area contributed by atoms with Crippen LogP contribution in [-0.4, -0.2) is 29.6 Å². The molecular weight excluding hydrogens is 434 g/mol. The maximum atomic E-state index is 12.8. The average Bonchev–Trinajstić information content (AvgIpc) is 3.23. The summed E-state index contributed by atoms with van der Waals surface area (Å²) in [5.74, 6) is 1.56. The number of rotatable bonds is 8. The predicted molar refractivity (Wildman–Crippen MR) is 116 cm³/mol. The number of hydrogen-bond acceptors (Lipinski definition) is 4. The fourth-order valence-electron chi connectivity index (χ4n) is 2.86. The molecule has 0 fully saturated rings. The van der Waals surface area contributed by atoms with E-state index in [1.165, 1.54) is 0 Å². The number of carbonyl (C=O) groups is 1. The Kier molecular flexibility index (Phi) is 6.93. The van der Waals surface area contributed by atoms with Crippen molar-refractivity contribution in [2.45, 2.75) is 26.3 Å². The molecule has 0 spiro atoms. The topological polar surface area (TPSA) is 76.2 Å². The highest BCUT2D eigenvalue weighted by Gasteiger charge is 2.19. The van der Waals surface area contributed by atoms with Gasteiger partial charge in [-0.25, -0.2) is 4.98 Å². The number of aromatic amines is 1. The summed E-state index contributed by atoms with van der Waals surface area (Å²) in [4.78, 5) is 20.5. The summed E-state index contributed by atoms with van der Waals surface area (Å²) in [5.41, 5.74) is 2.42. The van der Waals surface area contributed by atoms with Crippen LogP contribution >= 0.6 is 15.9 Å². The van der Waals surface area contributed by atoms with E-state index in [-0.39, 0.29) is 11.9 Å². The van der Waals surface area contributed by atoms with E-state index in [1.54, 1.807) is 25.4 Å². The maximum Gasteiger partial charge on any atom is 0.252 e. The van der Waals surface area contributed by atoms with Gasteiger partial charge in [0.05, 0.1) is 36.1 Å². The summed E-state index contributed by atoms with van der Waals surface area (Å²) in [7, 11) is 1.55. The maximum absolute atomic E-state index is 12.8. The highest BCUT2D eigenvalue weighted by Crippen LogP contribution is 2.37. The third kappa shape index (κ3) is 4.98. The normalized spacial score (nSPS) is 11.7. The van der Waals surface area contributed by atoms with Crippen molar-refractivity contribution >= 4 is 21.8 Å². The molecule has 1 unspecified atom stereocenters. The van der Waals surface area contributed by atoms with Gasteiger partial charge < -0.3 is 19.8 Å². The number of ether oxygens (including phenoxy) is 2. The van der Waals surface area contributed by atoms with Gasteiger partial charge in [0.1, 0.15) is 5.82 Å². The molecule has 1 amide bonds. The Morgan fingerprint density at radius 3 is 2.72 bits per heavy atom. The fraction of sp³-hybridized carbons (Fsp3) is 0.273. The molecule has 1 atom stereocenters. The highest BCUT2D eigenvalue weighted by molar-refractivity contribution is 9.10. The van der Waals surface area contributed by atoms with E-state index in [2.05, 4.69) is 31.2 Å². The number of nitrogens with one attached hydrogen (secondary N) is 2. The predicted octanol–water partition coefficient (Wildman–Crippen LogP) is 5.13. The van der Waals surface area contributed by atoms with Gasteiger partial charge in [0.25, 0.3) is 5.91 Å². The largest absolute Gasteiger partial charge is 0.493 e. The summed E-state index contributed by atoms with van der Waals surface area (Å²) in [6, 6.07) is 13.0. The first-order chi connectivity index (χ1) is 14.0. The second kappa shape index (κ2) is 9.60. The van der Waals surface area contributed by atoms with Crippen molar-refractivity contribution < 1.29 is 14.3 Å². The highest BCUT2D eigenvalue weighted by atomic mass is 79.9. The quantitative estimate of drug-likeness (QED) is 0.491. The molecule has 0 saturated heterocycles. The van der Waals surface area contributed by atoms with E-state index in [9.17, 15) is 4.79 Å². The Labute approximate surface area is 178 Å². The molecule has 7 heteroatoms. The Bertz CT molecular complexity index is 973. The monoisotopic (exact) mass is 457 g/mol. The van der Waals surface area contributed by atoms with E-state index < -0.39 is 0 Å². The van der Waals surface area contributed by atoms with Crippen LogP contribution in [0.5, 0.6) is 11.5 Å². The van der Waals surface area contributed by atoms with Crippen molar-refractivity contribution in [1.29, 1.82) is 0 Å². The van der Waals surface area contributed by atoms with Gasteiger partial charge in [-0.1, -0.05) is 37.3 Å². The van der Waals surface area contributed by atoms with Crippen LogP contribution in [-0.2, 0) is 0 Å². The number of imidazole rings is 1. The van der Waals surface area contributed by atoms with Crippen molar-refractivity contribution in [3.05, 3.63) is 64.5 Å². The minimum atomic E-state index is -0.291. The summed E-state index contributed by atoms with van der Waals surface area (Å²) in [6.07, 6.45) is 2.65. The van der Waals surface area contributed by atoms with Crippen LogP contribution in [0.15, 0.2) is 53.1 Å². The second-order valence-electron chi connectivity index (χ2n) is 6.58. The minimum Gasteiger partial charge on any atom is -0.493 e. The number of halogens is 1. The van der Waals surface area contributed by atoms with Crippen molar-refractivity contribution in [2.75, 3.05) is 13.7 Å². The molecule has 3 aromatic rings. The van der Waals surface area contributed by atoms with Gasteiger partial charge in [0.15, 0.2) is 11.5 Å². The molecule has 29 heavy (non-hydrogen) atoms. The lowest BCUT2D eigenvalue weighted by Crippen LogP contribution is -2.27. The summed E-state index contributed by atoms with van der Waals surface area (Å²) in [6.45, 7) is 4.48. The first-order valence-corrected chi connectivity index (χ1v) is 10.2. The first-order valence-electron chi connectivity index (χ1n) is 9.45. The fourth-order valence-corrected chi connectivity index (χ4v) is 3.42. The standard InChI is InChI=1S/C22H24BrN3O3/c1-4-10-29-20-17(23)11-16(12-19(20)28-3)22(27)25-14(2)21-24-13-18(26-21)15-8-6-5-7-9-15/h5-9,11-14H,4,10H2,1-3H3,(H,24,26)(H,25,27). The number of benzene rings is 2. The molecule has 0 aliphatic heterocycles. The van der Waals surface area contributed by atoms with Crippen LogP contribution < -0.4 is 14.8 Å². The van der Waals surface area contributed by atoms with Gasteiger partial charge in [0, 0.05) is 5.56 Å². The van der Waals surface area contributed by atoms with Crippen molar-refractivity contribution in [3.8, 4) is 22.8 Å². The van der Waals surface area contributed by atoms with E-state index in [4.69, 9.17) is 9.47 Å². The molecule has 6 nitrogen and oxygen atoms in total. The molecule has 152 valence electrons. The van der Waals surface area contributed by atoms with E-state index in [0.29, 0.717) is 34.0 Å². The molecule has 1 aromatic heterocycles. The van der Waals surface area contributed by atoms with E-state index in [0.717, 1.165) is 17.7 Å². The number of amides is 1. The Morgan fingerprint density at radius 2 is 2.03 bits per heavy atom. The lowest BCUT2D eigenvalue weighted by molar-refractivity contribution is 0.0938. The van der Waals surface area contributed by atoms with Crippen LogP contribution in [0.3, 0.4) is 0 Å². The molecule has 2 aromatic carbocycles. The van der Waals surface area contributed by atoms with Gasteiger partial charge in [0.2, 0.25) is 0 Å². The summed E-state index contributed by atoms with van der Waals surface area (Å²) < 4.78 is 11.8. The minimum absolute atomic E-state index is 0.226. The van der Waals surface area contributed by atoms with Gasteiger partial charge >= 0.3 is 0 Å². The van der Waals surface area contributed by atoms with Crippen LogP contribution in [0.4, 0.5) is 0 Å².